The van der Waals surface area contributed by atoms with Crippen LogP contribution < -0.4 is 10.5 Å². The number of halogens is 1. The highest BCUT2D eigenvalue weighted by atomic mass is 19.1. The van der Waals surface area contributed by atoms with Crippen LogP contribution in [0.3, 0.4) is 0 Å². The van der Waals surface area contributed by atoms with E-state index in [9.17, 15) is 4.39 Å². The summed E-state index contributed by atoms with van der Waals surface area (Å²) < 4.78 is 19.2. The predicted molar refractivity (Wildman–Crippen MR) is 74.8 cm³/mol. The molecule has 2 rings (SSSR count). The standard InChI is InChI=1S/C16H18FNO/c1-11-6-4-5-7-13(11)16(2,18)14-9-8-12(19-3)10-15(14)17/h4-10H,18H2,1-3H3. The lowest BCUT2D eigenvalue weighted by Gasteiger charge is -2.28. The Morgan fingerprint density at radius 3 is 2.37 bits per heavy atom. The van der Waals surface area contributed by atoms with Crippen molar-refractivity contribution >= 4 is 0 Å². The second-order valence-electron chi connectivity index (χ2n) is 4.86. The van der Waals surface area contributed by atoms with Gasteiger partial charge >= 0.3 is 0 Å². The molecule has 0 radical (unpaired) electrons. The van der Waals surface area contributed by atoms with Crippen LogP contribution in [-0.2, 0) is 5.54 Å². The highest BCUT2D eigenvalue weighted by Crippen LogP contribution is 2.32. The van der Waals surface area contributed by atoms with E-state index in [0.717, 1.165) is 11.1 Å². The first-order chi connectivity index (χ1) is 8.96. The molecule has 0 fully saturated rings. The molecule has 1 atom stereocenters. The average Bonchev–Trinajstić information content (AvgIpc) is 2.38. The molecule has 1 unspecified atom stereocenters. The minimum atomic E-state index is -0.873. The van der Waals surface area contributed by atoms with Crippen molar-refractivity contribution < 1.29 is 9.13 Å². The molecule has 0 spiro atoms. The Balaban J connectivity index is 2.53. The summed E-state index contributed by atoms with van der Waals surface area (Å²) in [5.41, 5.74) is 7.92. The van der Waals surface area contributed by atoms with Gasteiger partial charge in [0.15, 0.2) is 0 Å². The van der Waals surface area contributed by atoms with Crippen LogP contribution in [0.2, 0.25) is 0 Å². The number of ether oxygens (including phenoxy) is 1. The second kappa shape index (κ2) is 5.02. The highest BCUT2D eigenvalue weighted by Gasteiger charge is 2.28. The molecular formula is C16H18FNO. The fourth-order valence-electron chi connectivity index (χ4n) is 2.34. The number of benzene rings is 2. The van der Waals surface area contributed by atoms with E-state index in [1.54, 1.807) is 12.1 Å². The van der Waals surface area contributed by atoms with Crippen LogP contribution in [0, 0.1) is 12.7 Å². The van der Waals surface area contributed by atoms with E-state index < -0.39 is 5.54 Å². The average molecular weight is 259 g/mol. The van der Waals surface area contributed by atoms with Gasteiger partial charge in [0, 0.05) is 11.6 Å². The summed E-state index contributed by atoms with van der Waals surface area (Å²) in [5, 5.41) is 0. The first-order valence-electron chi connectivity index (χ1n) is 6.16. The van der Waals surface area contributed by atoms with Gasteiger partial charge in [0.1, 0.15) is 11.6 Å². The van der Waals surface area contributed by atoms with E-state index in [4.69, 9.17) is 10.5 Å². The molecule has 2 N–H and O–H groups in total. The Morgan fingerprint density at radius 1 is 1.11 bits per heavy atom. The molecule has 0 aliphatic rings. The van der Waals surface area contributed by atoms with Gasteiger partial charge < -0.3 is 10.5 Å². The van der Waals surface area contributed by atoms with Gasteiger partial charge in [0.05, 0.1) is 12.6 Å². The number of nitrogens with two attached hydrogens (primary N) is 1. The number of aryl methyl sites for hydroxylation is 1. The minimum absolute atomic E-state index is 0.354. The van der Waals surface area contributed by atoms with Crippen molar-refractivity contribution in [1.82, 2.24) is 0 Å². The molecule has 0 saturated heterocycles. The fraction of sp³-hybridized carbons (Fsp3) is 0.250. The lowest BCUT2D eigenvalue weighted by Crippen LogP contribution is -2.36. The smallest absolute Gasteiger partial charge is 0.132 e. The largest absolute Gasteiger partial charge is 0.497 e. The molecular weight excluding hydrogens is 241 g/mol. The quantitative estimate of drug-likeness (QED) is 0.917. The first kappa shape index (κ1) is 13.6. The summed E-state index contributed by atoms with van der Waals surface area (Å²) in [6, 6.07) is 12.5. The summed E-state index contributed by atoms with van der Waals surface area (Å²) >= 11 is 0. The van der Waals surface area contributed by atoms with E-state index in [2.05, 4.69) is 0 Å². The molecule has 2 nitrogen and oxygen atoms in total. The van der Waals surface area contributed by atoms with Crippen LogP contribution in [0.1, 0.15) is 23.6 Å². The number of hydrogen-bond donors (Lipinski definition) is 1. The zero-order valence-electron chi connectivity index (χ0n) is 11.4. The van der Waals surface area contributed by atoms with Gasteiger partial charge in [0.2, 0.25) is 0 Å². The van der Waals surface area contributed by atoms with Crippen LogP contribution in [0.5, 0.6) is 5.75 Å². The molecule has 2 aromatic carbocycles. The van der Waals surface area contributed by atoms with Gasteiger partial charge in [-0.2, -0.15) is 0 Å². The third kappa shape index (κ3) is 2.47. The monoisotopic (exact) mass is 259 g/mol. The maximum absolute atomic E-state index is 14.2. The van der Waals surface area contributed by atoms with Gasteiger partial charge in [-0.05, 0) is 31.0 Å². The zero-order valence-corrected chi connectivity index (χ0v) is 11.4. The van der Waals surface area contributed by atoms with Crippen LogP contribution in [-0.4, -0.2) is 7.11 Å². The first-order valence-corrected chi connectivity index (χ1v) is 6.16. The fourth-order valence-corrected chi connectivity index (χ4v) is 2.34. The van der Waals surface area contributed by atoms with E-state index in [1.165, 1.54) is 13.2 Å². The van der Waals surface area contributed by atoms with Gasteiger partial charge in [-0.15, -0.1) is 0 Å². The van der Waals surface area contributed by atoms with Crippen molar-refractivity contribution in [3.8, 4) is 5.75 Å². The van der Waals surface area contributed by atoms with E-state index in [-0.39, 0.29) is 5.82 Å². The lowest BCUT2D eigenvalue weighted by molar-refractivity contribution is 0.409. The van der Waals surface area contributed by atoms with Crippen molar-refractivity contribution in [2.75, 3.05) is 7.11 Å². The molecule has 19 heavy (non-hydrogen) atoms. The van der Waals surface area contributed by atoms with Crippen LogP contribution >= 0.6 is 0 Å². The van der Waals surface area contributed by atoms with Crippen LogP contribution in [0.15, 0.2) is 42.5 Å². The molecule has 2 aromatic rings. The molecule has 0 saturated carbocycles. The van der Waals surface area contributed by atoms with E-state index in [0.29, 0.717) is 11.3 Å². The molecule has 0 aromatic heterocycles. The SMILES string of the molecule is COc1ccc(C(C)(N)c2ccccc2C)c(F)c1. The number of rotatable bonds is 3. The Kier molecular flexibility index (Phi) is 3.58. The Labute approximate surface area is 113 Å². The third-order valence-corrected chi connectivity index (χ3v) is 3.44. The predicted octanol–water partition coefficient (Wildman–Crippen LogP) is 3.36. The third-order valence-electron chi connectivity index (χ3n) is 3.44. The maximum atomic E-state index is 14.2. The summed E-state index contributed by atoms with van der Waals surface area (Å²) in [4.78, 5) is 0. The van der Waals surface area contributed by atoms with E-state index >= 15 is 0 Å². The van der Waals surface area contributed by atoms with Crippen molar-refractivity contribution in [1.29, 1.82) is 0 Å². The molecule has 0 bridgehead atoms. The normalized spacial score (nSPS) is 13.9. The molecule has 0 aliphatic carbocycles. The summed E-state index contributed by atoms with van der Waals surface area (Å²) in [6.07, 6.45) is 0. The molecule has 0 heterocycles. The summed E-state index contributed by atoms with van der Waals surface area (Å²) in [7, 11) is 1.51. The van der Waals surface area contributed by atoms with Crippen molar-refractivity contribution in [3.05, 3.63) is 65.0 Å². The highest BCUT2D eigenvalue weighted by molar-refractivity contribution is 5.43. The van der Waals surface area contributed by atoms with Gasteiger partial charge in [-0.1, -0.05) is 30.3 Å². The zero-order chi connectivity index (χ0) is 14.0. The lowest BCUT2D eigenvalue weighted by atomic mass is 9.83. The molecule has 3 heteroatoms. The topological polar surface area (TPSA) is 35.2 Å². The Morgan fingerprint density at radius 2 is 1.79 bits per heavy atom. The van der Waals surface area contributed by atoms with Crippen molar-refractivity contribution in [2.24, 2.45) is 5.73 Å². The maximum Gasteiger partial charge on any atom is 0.132 e. The Hall–Kier alpha value is -1.87. The van der Waals surface area contributed by atoms with Crippen molar-refractivity contribution in [3.63, 3.8) is 0 Å². The van der Waals surface area contributed by atoms with Gasteiger partial charge in [-0.25, -0.2) is 4.39 Å². The van der Waals surface area contributed by atoms with Gasteiger partial charge in [-0.3, -0.25) is 0 Å². The number of methoxy groups -OCH3 is 1. The molecule has 0 aliphatic heterocycles. The number of hydrogen-bond acceptors (Lipinski definition) is 2. The Bertz CT molecular complexity index is 593. The van der Waals surface area contributed by atoms with Crippen LogP contribution in [0.4, 0.5) is 4.39 Å². The van der Waals surface area contributed by atoms with Crippen molar-refractivity contribution in [2.45, 2.75) is 19.4 Å². The summed E-state index contributed by atoms with van der Waals surface area (Å²) in [5.74, 6) is 0.134. The van der Waals surface area contributed by atoms with Crippen LogP contribution in [0.25, 0.3) is 0 Å². The minimum Gasteiger partial charge on any atom is -0.497 e. The summed E-state index contributed by atoms with van der Waals surface area (Å²) in [6.45, 7) is 3.79. The second-order valence-corrected chi connectivity index (χ2v) is 4.86. The molecule has 0 amide bonds. The molecule has 100 valence electrons. The van der Waals surface area contributed by atoms with E-state index in [1.807, 2.05) is 38.1 Å². The van der Waals surface area contributed by atoms with Gasteiger partial charge in [0.25, 0.3) is 0 Å².